The summed E-state index contributed by atoms with van der Waals surface area (Å²) in [5.41, 5.74) is 0.343. The topological polar surface area (TPSA) is 74.5 Å². The molecule has 0 bridgehead atoms. The van der Waals surface area contributed by atoms with Crippen molar-refractivity contribution in [3.8, 4) is 0 Å². The first-order valence-corrected chi connectivity index (χ1v) is 6.10. The maximum Gasteiger partial charge on any atom is 0.514 e. The van der Waals surface area contributed by atoms with E-state index < -0.39 is 23.2 Å². The molecule has 2 rings (SSSR count). The average Bonchev–Trinajstić information content (AvgIpc) is 2.47. The second-order valence-electron chi connectivity index (χ2n) is 5.74. The fourth-order valence-electron chi connectivity index (χ4n) is 1.87. The van der Waals surface area contributed by atoms with Gasteiger partial charge < -0.3 is 9.31 Å². The molecule has 0 aliphatic carbocycles. The molecule has 1 fully saturated rings. The van der Waals surface area contributed by atoms with Gasteiger partial charge in [0, 0.05) is 6.07 Å². The minimum Gasteiger partial charge on any atom is -0.398 e. The van der Waals surface area contributed by atoms with Crippen molar-refractivity contribution in [2.75, 3.05) is 0 Å². The zero-order valence-corrected chi connectivity index (χ0v) is 11.8. The molecule has 0 amide bonds. The molecule has 1 aromatic rings. The third-order valence-corrected chi connectivity index (χ3v) is 3.79. The lowest BCUT2D eigenvalue weighted by Gasteiger charge is -2.32. The highest BCUT2D eigenvalue weighted by Gasteiger charge is 2.52. The summed E-state index contributed by atoms with van der Waals surface area (Å²) >= 11 is 0. The van der Waals surface area contributed by atoms with Gasteiger partial charge in [-0.15, -0.1) is 0 Å². The van der Waals surface area contributed by atoms with Gasteiger partial charge in [-0.05, 0) is 40.2 Å². The highest BCUT2D eigenvalue weighted by atomic mass is 16.7. The second kappa shape index (κ2) is 4.28. The summed E-state index contributed by atoms with van der Waals surface area (Å²) in [6.45, 7) is 9.57. The Bertz CT molecular complexity index is 514. The predicted molar refractivity (Wildman–Crippen MR) is 71.3 cm³/mol. The maximum absolute atomic E-state index is 10.7. The SMILES string of the molecule is Cc1cc([N+](=O)[O-])cnc1B1OC(C)(C)C(C)(C)O1. The Hall–Kier alpha value is -1.47. The fourth-order valence-corrected chi connectivity index (χ4v) is 1.87. The van der Waals surface area contributed by atoms with Crippen molar-refractivity contribution in [1.82, 2.24) is 4.98 Å². The van der Waals surface area contributed by atoms with Gasteiger partial charge in [-0.25, -0.2) is 0 Å². The van der Waals surface area contributed by atoms with E-state index >= 15 is 0 Å². The number of aryl methyl sites for hydroxylation is 1. The lowest BCUT2D eigenvalue weighted by molar-refractivity contribution is -0.385. The molecule has 0 saturated carbocycles. The molecule has 1 saturated heterocycles. The first-order valence-electron chi connectivity index (χ1n) is 6.10. The van der Waals surface area contributed by atoms with Crippen LogP contribution < -0.4 is 5.59 Å². The van der Waals surface area contributed by atoms with Crippen molar-refractivity contribution in [3.05, 3.63) is 27.9 Å². The molecule has 0 N–H and O–H groups in total. The lowest BCUT2D eigenvalue weighted by atomic mass is 9.81. The molecular weight excluding hydrogens is 247 g/mol. The lowest BCUT2D eigenvalue weighted by Crippen LogP contribution is -2.41. The van der Waals surface area contributed by atoms with E-state index in [1.54, 1.807) is 6.92 Å². The second-order valence-corrected chi connectivity index (χ2v) is 5.74. The molecule has 0 aromatic carbocycles. The average molecular weight is 264 g/mol. The Kier molecular flexibility index (Phi) is 3.14. The molecular formula is C12H17BN2O4. The standard InChI is InChI=1S/C12H17BN2O4/c1-8-6-9(15(16)17)7-14-10(8)13-18-11(2,3)12(4,5)19-13/h6-7H,1-5H3. The van der Waals surface area contributed by atoms with E-state index in [0.717, 1.165) is 0 Å². The predicted octanol–water partition coefficient (Wildman–Crippen LogP) is 1.60. The van der Waals surface area contributed by atoms with Crippen LogP contribution in [0.15, 0.2) is 12.3 Å². The summed E-state index contributed by atoms with van der Waals surface area (Å²) in [5, 5.41) is 10.7. The molecule has 102 valence electrons. The largest absolute Gasteiger partial charge is 0.514 e. The number of pyridine rings is 1. The molecule has 0 unspecified atom stereocenters. The van der Waals surface area contributed by atoms with E-state index in [-0.39, 0.29) is 5.69 Å². The number of nitro groups is 1. The molecule has 1 aromatic heterocycles. The van der Waals surface area contributed by atoms with Crippen molar-refractivity contribution >= 4 is 18.4 Å². The van der Waals surface area contributed by atoms with Gasteiger partial charge in [-0.2, -0.15) is 0 Å². The minimum absolute atomic E-state index is 0.0298. The molecule has 6 nitrogen and oxygen atoms in total. The normalized spacial score (nSPS) is 20.6. The van der Waals surface area contributed by atoms with Gasteiger partial charge in [-0.1, -0.05) is 0 Å². The molecule has 2 heterocycles. The third kappa shape index (κ3) is 2.35. The van der Waals surface area contributed by atoms with Crippen molar-refractivity contribution < 1.29 is 14.2 Å². The number of aromatic nitrogens is 1. The Morgan fingerprint density at radius 2 is 1.79 bits per heavy atom. The summed E-state index contributed by atoms with van der Waals surface area (Å²) in [5.74, 6) is 0. The van der Waals surface area contributed by atoms with Crippen LogP contribution in [0, 0.1) is 17.0 Å². The zero-order chi connectivity index (χ0) is 14.4. The van der Waals surface area contributed by atoms with Gasteiger partial charge in [0.25, 0.3) is 5.69 Å². The molecule has 0 radical (unpaired) electrons. The molecule has 1 aliphatic heterocycles. The summed E-state index contributed by atoms with van der Waals surface area (Å²) in [6, 6.07) is 1.48. The van der Waals surface area contributed by atoms with E-state index in [2.05, 4.69) is 4.98 Å². The smallest absolute Gasteiger partial charge is 0.398 e. The Balaban J connectivity index is 2.33. The van der Waals surface area contributed by atoms with Crippen LogP contribution >= 0.6 is 0 Å². The first-order chi connectivity index (χ1) is 8.64. The highest BCUT2D eigenvalue weighted by Crippen LogP contribution is 2.36. The van der Waals surface area contributed by atoms with Crippen LogP contribution in [0.4, 0.5) is 5.69 Å². The van der Waals surface area contributed by atoms with E-state index in [0.29, 0.717) is 11.2 Å². The van der Waals surface area contributed by atoms with Crippen LogP contribution in [0.2, 0.25) is 0 Å². The number of hydrogen-bond donors (Lipinski definition) is 0. The van der Waals surface area contributed by atoms with Gasteiger partial charge in [0.1, 0.15) is 6.20 Å². The molecule has 0 atom stereocenters. The van der Waals surface area contributed by atoms with Crippen LogP contribution in [0.1, 0.15) is 33.3 Å². The Morgan fingerprint density at radius 3 is 2.21 bits per heavy atom. The summed E-state index contributed by atoms with van der Waals surface area (Å²) in [4.78, 5) is 14.4. The van der Waals surface area contributed by atoms with Crippen molar-refractivity contribution in [2.24, 2.45) is 0 Å². The Labute approximate surface area is 112 Å². The molecule has 7 heteroatoms. The number of rotatable bonds is 2. The van der Waals surface area contributed by atoms with Crippen molar-refractivity contribution in [1.29, 1.82) is 0 Å². The van der Waals surface area contributed by atoms with Gasteiger partial charge >= 0.3 is 7.12 Å². The van der Waals surface area contributed by atoms with Gasteiger partial charge in [0.2, 0.25) is 0 Å². The van der Waals surface area contributed by atoms with E-state index in [9.17, 15) is 10.1 Å². The summed E-state index contributed by atoms with van der Waals surface area (Å²) in [6.07, 6.45) is 1.23. The fraction of sp³-hybridized carbons (Fsp3) is 0.583. The monoisotopic (exact) mass is 264 g/mol. The molecule has 1 aliphatic rings. The maximum atomic E-state index is 10.7. The zero-order valence-electron chi connectivity index (χ0n) is 11.8. The van der Waals surface area contributed by atoms with E-state index in [1.807, 2.05) is 27.7 Å². The van der Waals surface area contributed by atoms with E-state index in [1.165, 1.54) is 12.3 Å². The summed E-state index contributed by atoms with van der Waals surface area (Å²) < 4.78 is 11.8. The van der Waals surface area contributed by atoms with Crippen LogP contribution in [-0.4, -0.2) is 28.2 Å². The van der Waals surface area contributed by atoms with Crippen molar-refractivity contribution in [3.63, 3.8) is 0 Å². The van der Waals surface area contributed by atoms with Gasteiger partial charge in [0.15, 0.2) is 0 Å². The number of hydrogen-bond acceptors (Lipinski definition) is 5. The van der Waals surface area contributed by atoms with E-state index in [4.69, 9.17) is 9.31 Å². The van der Waals surface area contributed by atoms with Crippen LogP contribution in [-0.2, 0) is 9.31 Å². The third-order valence-electron chi connectivity index (χ3n) is 3.79. The first kappa shape index (κ1) is 14.0. The van der Waals surface area contributed by atoms with Gasteiger partial charge in [-0.3, -0.25) is 15.1 Å². The Morgan fingerprint density at radius 1 is 1.26 bits per heavy atom. The summed E-state index contributed by atoms with van der Waals surface area (Å²) in [7, 11) is -0.592. The highest BCUT2D eigenvalue weighted by molar-refractivity contribution is 6.61. The molecule has 19 heavy (non-hydrogen) atoms. The van der Waals surface area contributed by atoms with Gasteiger partial charge in [0.05, 0.1) is 21.7 Å². The molecule has 0 spiro atoms. The van der Waals surface area contributed by atoms with Crippen LogP contribution in [0.3, 0.4) is 0 Å². The number of nitrogens with zero attached hydrogens (tertiary/aromatic N) is 2. The minimum atomic E-state index is -0.592. The van der Waals surface area contributed by atoms with Crippen LogP contribution in [0.25, 0.3) is 0 Å². The van der Waals surface area contributed by atoms with Crippen molar-refractivity contribution in [2.45, 2.75) is 45.8 Å². The quantitative estimate of drug-likeness (QED) is 0.460. The van der Waals surface area contributed by atoms with Crippen LogP contribution in [0.5, 0.6) is 0 Å².